The number of hydrogen-bond donors (Lipinski definition) is 0. The summed E-state index contributed by atoms with van der Waals surface area (Å²) in [5, 5.41) is 8.22. The van der Waals surface area contributed by atoms with Crippen molar-refractivity contribution in [3.63, 3.8) is 0 Å². The molecule has 1 amide bonds. The molecule has 0 N–H and O–H groups in total. The monoisotopic (exact) mass is 374 g/mol. The van der Waals surface area contributed by atoms with Crippen LogP contribution in [-0.4, -0.2) is 68.2 Å². The van der Waals surface area contributed by atoms with E-state index in [1.807, 2.05) is 23.1 Å². The lowest BCUT2D eigenvalue weighted by atomic mass is 10.2. The molecule has 0 saturated carbocycles. The molecule has 0 atom stereocenters. The van der Waals surface area contributed by atoms with Crippen molar-refractivity contribution < 1.29 is 4.79 Å². The third-order valence-corrected chi connectivity index (χ3v) is 4.77. The number of rotatable bonds is 5. The van der Waals surface area contributed by atoms with Crippen LogP contribution in [0.5, 0.6) is 0 Å². The van der Waals surface area contributed by atoms with Crippen molar-refractivity contribution in [3.05, 3.63) is 78.5 Å². The molecular formula is C21H22N6O. The molecule has 4 rings (SSSR count). The van der Waals surface area contributed by atoms with Gasteiger partial charge in [-0.3, -0.25) is 14.3 Å². The van der Waals surface area contributed by atoms with Crippen molar-refractivity contribution >= 4 is 12.0 Å². The van der Waals surface area contributed by atoms with Gasteiger partial charge < -0.3 is 4.90 Å². The van der Waals surface area contributed by atoms with Crippen molar-refractivity contribution in [2.75, 3.05) is 32.7 Å². The Balaban J connectivity index is 1.28. The Labute approximate surface area is 163 Å². The summed E-state index contributed by atoms with van der Waals surface area (Å²) in [6, 6.07) is 13.8. The van der Waals surface area contributed by atoms with Crippen LogP contribution < -0.4 is 0 Å². The first-order chi connectivity index (χ1) is 13.8. The Morgan fingerprint density at radius 1 is 1.00 bits per heavy atom. The van der Waals surface area contributed by atoms with E-state index < -0.39 is 0 Å². The summed E-state index contributed by atoms with van der Waals surface area (Å²) in [6.07, 6.45) is 9.42. The van der Waals surface area contributed by atoms with Crippen LogP contribution in [-0.2, 0) is 0 Å². The molecule has 1 aliphatic heterocycles. The van der Waals surface area contributed by atoms with Gasteiger partial charge >= 0.3 is 0 Å². The molecule has 1 saturated heterocycles. The van der Waals surface area contributed by atoms with Gasteiger partial charge in [0.05, 0.1) is 0 Å². The minimum absolute atomic E-state index is 0.0656. The lowest BCUT2D eigenvalue weighted by Gasteiger charge is -2.33. The molecule has 0 bridgehead atoms. The van der Waals surface area contributed by atoms with Gasteiger partial charge in [0.25, 0.3) is 5.91 Å². The number of piperazine rings is 1. The van der Waals surface area contributed by atoms with Crippen molar-refractivity contribution in [1.29, 1.82) is 0 Å². The van der Waals surface area contributed by atoms with Gasteiger partial charge in [0.15, 0.2) is 11.5 Å². The van der Waals surface area contributed by atoms with Gasteiger partial charge in [0, 0.05) is 45.1 Å². The molecule has 0 spiro atoms. The lowest BCUT2D eigenvalue weighted by molar-refractivity contribution is 0.0643. The van der Waals surface area contributed by atoms with Gasteiger partial charge in [-0.1, -0.05) is 42.5 Å². The zero-order chi connectivity index (χ0) is 19.2. The van der Waals surface area contributed by atoms with E-state index in [1.54, 1.807) is 35.4 Å². The Bertz CT molecular complexity index is 913. The van der Waals surface area contributed by atoms with Crippen LogP contribution in [0.3, 0.4) is 0 Å². The number of aromatic nitrogens is 4. The van der Waals surface area contributed by atoms with Crippen LogP contribution in [0.25, 0.3) is 11.9 Å². The van der Waals surface area contributed by atoms with E-state index in [4.69, 9.17) is 0 Å². The third kappa shape index (κ3) is 4.32. The summed E-state index contributed by atoms with van der Waals surface area (Å²) < 4.78 is 1.75. The molecule has 2 aromatic heterocycles. The minimum atomic E-state index is -0.0656. The molecule has 7 heteroatoms. The molecule has 1 aliphatic rings. The van der Waals surface area contributed by atoms with E-state index in [2.05, 4.69) is 44.4 Å². The summed E-state index contributed by atoms with van der Waals surface area (Å²) in [5.74, 6) is 0.577. The maximum Gasteiger partial charge on any atom is 0.274 e. The predicted molar refractivity (Wildman–Crippen MR) is 107 cm³/mol. The zero-order valence-corrected chi connectivity index (χ0v) is 15.6. The predicted octanol–water partition coefficient (Wildman–Crippen LogP) is 2.13. The van der Waals surface area contributed by atoms with E-state index in [0.29, 0.717) is 24.6 Å². The first kappa shape index (κ1) is 18.1. The van der Waals surface area contributed by atoms with Crippen LogP contribution in [0, 0.1) is 0 Å². The molecule has 0 aliphatic carbocycles. The number of nitrogens with zero attached hydrogens (tertiary/aromatic N) is 6. The standard InChI is InChI=1S/C21H22N6O/c28-21(19-8-9-20(24-23-19)27-12-10-22-17-27)26-15-13-25(14-16-26)11-4-7-18-5-2-1-3-6-18/h1-10,12,17H,11,13-16H2/b7-4+. The third-order valence-electron chi connectivity index (χ3n) is 4.77. The molecule has 3 heterocycles. The Kier molecular flexibility index (Phi) is 5.53. The van der Waals surface area contributed by atoms with Crippen molar-refractivity contribution in [3.8, 4) is 5.82 Å². The summed E-state index contributed by atoms with van der Waals surface area (Å²) in [5.41, 5.74) is 1.58. The zero-order valence-electron chi connectivity index (χ0n) is 15.6. The van der Waals surface area contributed by atoms with Crippen molar-refractivity contribution in [2.24, 2.45) is 0 Å². The minimum Gasteiger partial charge on any atom is -0.335 e. The maximum absolute atomic E-state index is 12.7. The van der Waals surface area contributed by atoms with Crippen LogP contribution in [0.2, 0.25) is 0 Å². The highest BCUT2D eigenvalue weighted by molar-refractivity contribution is 5.92. The number of imidazole rings is 1. The molecule has 1 fully saturated rings. The summed E-state index contributed by atoms with van der Waals surface area (Å²) in [6.45, 7) is 3.99. The SMILES string of the molecule is O=C(c1ccc(-n2ccnc2)nn1)N1CCN(C/C=C/c2ccccc2)CC1. The first-order valence-corrected chi connectivity index (χ1v) is 9.35. The van der Waals surface area contributed by atoms with E-state index in [9.17, 15) is 4.79 Å². The first-order valence-electron chi connectivity index (χ1n) is 9.35. The molecule has 0 radical (unpaired) electrons. The van der Waals surface area contributed by atoms with E-state index in [0.717, 1.165) is 19.6 Å². The lowest BCUT2D eigenvalue weighted by Crippen LogP contribution is -2.48. The summed E-state index contributed by atoms with van der Waals surface area (Å²) in [4.78, 5) is 20.9. The largest absolute Gasteiger partial charge is 0.335 e. The number of carbonyl (C=O) groups is 1. The number of amides is 1. The second kappa shape index (κ2) is 8.58. The van der Waals surface area contributed by atoms with Gasteiger partial charge in [-0.2, -0.15) is 0 Å². The topological polar surface area (TPSA) is 67.2 Å². The van der Waals surface area contributed by atoms with Gasteiger partial charge in [0.1, 0.15) is 6.33 Å². The fourth-order valence-electron chi connectivity index (χ4n) is 3.17. The maximum atomic E-state index is 12.7. The summed E-state index contributed by atoms with van der Waals surface area (Å²) in [7, 11) is 0. The second-order valence-electron chi connectivity index (χ2n) is 6.65. The Morgan fingerprint density at radius 2 is 1.82 bits per heavy atom. The highest BCUT2D eigenvalue weighted by atomic mass is 16.2. The number of benzene rings is 1. The quantitative estimate of drug-likeness (QED) is 0.684. The normalized spacial score (nSPS) is 15.2. The highest BCUT2D eigenvalue weighted by Crippen LogP contribution is 2.09. The van der Waals surface area contributed by atoms with Gasteiger partial charge in [0.2, 0.25) is 0 Å². The summed E-state index contributed by atoms with van der Waals surface area (Å²) >= 11 is 0. The number of carbonyl (C=O) groups excluding carboxylic acids is 1. The van der Waals surface area contributed by atoms with E-state index >= 15 is 0 Å². The fraction of sp³-hybridized carbons (Fsp3) is 0.238. The molecule has 3 aromatic rings. The van der Waals surface area contributed by atoms with Crippen molar-refractivity contribution in [2.45, 2.75) is 0 Å². The average molecular weight is 374 g/mol. The molecular weight excluding hydrogens is 352 g/mol. The van der Waals surface area contributed by atoms with Crippen LogP contribution in [0.4, 0.5) is 0 Å². The molecule has 7 nitrogen and oxygen atoms in total. The van der Waals surface area contributed by atoms with Crippen molar-refractivity contribution in [1.82, 2.24) is 29.5 Å². The highest BCUT2D eigenvalue weighted by Gasteiger charge is 2.22. The van der Waals surface area contributed by atoms with E-state index in [1.165, 1.54) is 5.56 Å². The van der Waals surface area contributed by atoms with Gasteiger partial charge in [-0.15, -0.1) is 10.2 Å². The fourth-order valence-corrected chi connectivity index (χ4v) is 3.17. The van der Waals surface area contributed by atoms with E-state index in [-0.39, 0.29) is 5.91 Å². The van der Waals surface area contributed by atoms with Crippen LogP contribution >= 0.6 is 0 Å². The average Bonchev–Trinajstić information content (AvgIpc) is 3.30. The second-order valence-corrected chi connectivity index (χ2v) is 6.65. The molecule has 1 aromatic carbocycles. The smallest absolute Gasteiger partial charge is 0.274 e. The van der Waals surface area contributed by atoms with Crippen LogP contribution in [0.1, 0.15) is 16.1 Å². The number of hydrogen-bond acceptors (Lipinski definition) is 5. The molecule has 28 heavy (non-hydrogen) atoms. The van der Waals surface area contributed by atoms with Crippen LogP contribution in [0.15, 0.2) is 67.3 Å². The molecule has 0 unspecified atom stereocenters. The van der Waals surface area contributed by atoms with Gasteiger partial charge in [-0.05, 0) is 17.7 Å². The Morgan fingerprint density at radius 3 is 2.50 bits per heavy atom. The van der Waals surface area contributed by atoms with Gasteiger partial charge in [-0.25, -0.2) is 4.98 Å². The molecule has 142 valence electrons. The Hall–Kier alpha value is -3.32.